The smallest absolute Gasteiger partial charge is 0.214 e. The lowest BCUT2D eigenvalue weighted by molar-refractivity contribution is -0.272. The molecule has 1 aliphatic rings. The highest BCUT2D eigenvalue weighted by molar-refractivity contribution is 6.35. The van der Waals surface area contributed by atoms with Crippen LogP contribution >= 0.6 is 23.2 Å². The third kappa shape index (κ3) is 2.75. The molecule has 1 aromatic carbocycles. The average molecular weight is 357 g/mol. The first-order valence-corrected chi connectivity index (χ1v) is 7.94. The number of hydrogen-bond acceptors (Lipinski definition) is 5. The summed E-state index contributed by atoms with van der Waals surface area (Å²) in [5, 5.41) is 16.4. The Labute approximate surface area is 144 Å². The zero-order valence-electron chi connectivity index (χ0n) is 13.0. The van der Waals surface area contributed by atoms with Crippen molar-refractivity contribution in [3.63, 3.8) is 0 Å². The van der Waals surface area contributed by atoms with Crippen molar-refractivity contribution in [1.29, 1.82) is 0 Å². The summed E-state index contributed by atoms with van der Waals surface area (Å²) in [7, 11) is 0. The molecule has 0 saturated carbocycles. The minimum atomic E-state index is -1.51. The van der Waals surface area contributed by atoms with Gasteiger partial charge in [-0.2, -0.15) is 10.6 Å². The van der Waals surface area contributed by atoms with Crippen molar-refractivity contribution in [2.75, 3.05) is 0 Å². The van der Waals surface area contributed by atoms with E-state index in [0.717, 1.165) is 5.56 Å². The number of halogens is 2. The van der Waals surface area contributed by atoms with Crippen LogP contribution in [-0.2, 0) is 4.84 Å². The molecule has 0 bridgehead atoms. The molecular formula is C15H18Cl2N4O2. The highest BCUT2D eigenvalue weighted by Gasteiger charge is 2.58. The van der Waals surface area contributed by atoms with Gasteiger partial charge in [-0.25, -0.2) is 9.67 Å². The third-order valence-corrected chi connectivity index (χ3v) is 4.71. The lowest BCUT2D eigenvalue weighted by atomic mass is 9.78. The van der Waals surface area contributed by atoms with E-state index in [1.807, 2.05) is 26.8 Å². The Morgan fingerprint density at radius 1 is 1.35 bits per heavy atom. The molecular weight excluding hydrogens is 339 g/mol. The first-order chi connectivity index (χ1) is 10.7. The van der Waals surface area contributed by atoms with Gasteiger partial charge < -0.3 is 5.11 Å². The average Bonchev–Trinajstić information content (AvgIpc) is 3.06. The van der Waals surface area contributed by atoms with Crippen LogP contribution in [0.2, 0.25) is 10.0 Å². The van der Waals surface area contributed by atoms with Crippen LogP contribution in [0.4, 0.5) is 0 Å². The Kier molecular flexibility index (Phi) is 4.14. The third-order valence-electron chi connectivity index (χ3n) is 4.15. The van der Waals surface area contributed by atoms with E-state index in [2.05, 4.69) is 15.6 Å². The molecule has 3 unspecified atom stereocenters. The topological polar surface area (TPSA) is 72.2 Å². The van der Waals surface area contributed by atoms with Crippen molar-refractivity contribution in [2.24, 2.45) is 5.41 Å². The Morgan fingerprint density at radius 2 is 2.09 bits per heavy atom. The lowest BCUT2D eigenvalue weighted by Crippen LogP contribution is -2.49. The summed E-state index contributed by atoms with van der Waals surface area (Å²) in [5.74, 6) is -1.51. The first kappa shape index (κ1) is 16.7. The second-order valence-electron chi connectivity index (χ2n) is 6.63. The van der Waals surface area contributed by atoms with Crippen molar-refractivity contribution < 1.29 is 9.94 Å². The van der Waals surface area contributed by atoms with Gasteiger partial charge in [0, 0.05) is 15.5 Å². The van der Waals surface area contributed by atoms with Gasteiger partial charge in [0.15, 0.2) is 0 Å². The summed E-state index contributed by atoms with van der Waals surface area (Å²) in [4.78, 5) is 9.60. The normalized spacial score (nSPS) is 28.3. The molecule has 2 heterocycles. The molecule has 124 valence electrons. The van der Waals surface area contributed by atoms with E-state index >= 15 is 0 Å². The van der Waals surface area contributed by atoms with E-state index in [9.17, 15) is 5.11 Å². The standard InChI is InChI=1S/C15H18Cl2N4O2/c1-14(2,3)15(22)13(21-8-18-7-19-21)12(20-23-15)10-5-4-9(16)6-11(10)17/h4-8,12-13,20,22H,1-3H3. The maximum Gasteiger partial charge on any atom is 0.214 e. The van der Waals surface area contributed by atoms with Gasteiger partial charge in [-0.3, -0.25) is 4.84 Å². The van der Waals surface area contributed by atoms with Crippen LogP contribution < -0.4 is 5.48 Å². The Morgan fingerprint density at radius 3 is 2.65 bits per heavy atom. The number of aromatic nitrogens is 3. The van der Waals surface area contributed by atoms with Crippen molar-refractivity contribution in [3.8, 4) is 0 Å². The maximum absolute atomic E-state index is 11.2. The van der Waals surface area contributed by atoms with Gasteiger partial charge in [-0.05, 0) is 17.7 Å². The molecule has 1 saturated heterocycles. The molecule has 0 amide bonds. The zero-order chi connectivity index (χ0) is 16.8. The SMILES string of the molecule is CC(C)(C)C1(O)ONC(c2ccc(Cl)cc2Cl)C1n1cncn1. The van der Waals surface area contributed by atoms with Crippen LogP contribution in [0, 0.1) is 5.41 Å². The summed E-state index contributed by atoms with van der Waals surface area (Å²) in [6.07, 6.45) is 2.97. The highest BCUT2D eigenvalue weighted by atomic mass is 35.5. The minimum absolute atomic E-state index is 0.411. The number of hydroxylamine groups is 1. The number of hydrogen-bond donors (Lipinski definition) is 2. The fraction of sp³-hybridized carbons (Fsp3) is 0.467. The summed E-state index contributed by atoms with van der Waals surface area (Å²) >= 11 is 12.3. The number of nitrogens with one attached hydrogen (secondary N) is 1. The molecule has 0 aliphatic carbocycles. The number of benzene rings is 1. The molecule has 2 N–H and O–H groups in total. The molecule has 1 aliphatic heterocycles. The van der Waals surface area contributed by atoms with Gasteiger partial charge in [0.1, 0.15) is 18.7 Å². The Bertz CT molecular complexity index is 702. The number of nitrogens with zero attached hydrogens (tertiary/aromatic N) is 3. The van der Waals surface area contributed by atoms with Crippen LogP contribution in [0.5, 0.6) is 0 Å². The van der Waals surface area contributed by atoms with E-state index in [0.29, 0.717) is 10.0 Å². The maximum atomic E-state index is 11.2. The number of rotatable bonds is 2. The fourth-order valence-electron chi connectivity index (χ4n) is 2.78. The molecule has 3 atom stereocenters. The summed E-state index contributed by atoms with van der Waals surface area (Å²) < 4.78 is 1.58. The monoisotopic (exact) mass is 356 g/mol. The molecule has 6 nitrogen and oxygen atoms in total. The van der Waals surface area contributed by atoms with Crippen LogP contribution in [0.25, 0.3) is 0 Å². The van der Waals surface area contributed by atoms with E-state index in [-0.39, 0.29) is 0 Å². The van der Waals surface area contributed by atoms with E-state index < -0.39 is 23.3 Å². The van der Waals surface area contributed by atoms with Gasteiger partial charge in [-0.1, -0.05) is 50.0 Å². The molecule has 2 aromatic rings. The molecule has 0 radical (unpaired) electrons. The van der Waals surface area contributed by atoms with Crippen molar-refractivity contribution >= 4 is 23.2 Å². The van der Waals surface area contributed by atoms with E-state index in [1.165, 1.54) is 6.33 Å². The second kappa shape index (κ2) is 5.72. The molecule has 3 rings (SSSR count). The van der Waals surface area contributed by atoms with Crippen molar-refractivity contribution in [3.05, 3.63) is 46.5 Å². The highest BCUT2D eigenvalue weighted by Crippen LogP contribution is 2.50. The van der Waals surface area contributed by atoms with E-state index in [1.54, 1.807) is 23.1 Å². The molecule has 8 heteroatoms. The molecule has 0 spiro atoms. The minimum Gasteiger partial charge on any atom is -0.362 e. The first-order valence-electron chi connectivity index (χ1n) is 7.19. The van der Waals surface area contributed by atoms with Gasteiger partial charge in [0.25, 0.3) is 0 Å². The zero-order valence-corrected chi connectivity index (χ0v) is 14.5. The van der Waals surface area contributed by atoms with Crippen molar-refractivity contribution in [2.45, 2.75) is 38.6 Å². The largest absolute Gasteiger partial charge is 0.362 e. The number of aliphatic hydroxyl groups is 1. The Hall–Kier alpha value is -1.18. The van der Waals surface area contributed by atoms with Gasteiger partial charge in [-0.15, -0.1) is 0 Å². The predicted molar refractivity (Wildman–Crippen MR) is 86.9 cm³/mol. The van der Waals surface area contributed by atoms with Gasteiger partial charge in [0.05, 0.1) is 6.04 Å². The lowest BCUT2D eigenvalue weighted by Gasteiger charge is -2.39. The quantitative estimate of drug-likeness (QED) is 0.864. The van der Waals surface area contributed by atoms with Gasteiger partial charge >= 0.3 is 0 Å². The Balaban J connectivity index is 2.10. The van der Waals surface area contributed by atoms with Crippen LogP contribution in [0.3, 0.4) is 0 Å². The predicted octanol–water partition coefficient (Wildman–Crippen LogP) is 3.14. The van der Waals surface area contributed by atoms with E-state index in [4.69, 9.17) is 28.0 Å². The van der Waals surface area contributed by atoms with Gasteiger partial charge in [0.2, 0.25) is 5.79 Å². The molecule has 1 aromatic heterocycles. The summed E-state index contributed by atoms with van der Waals surface area (Å²) in [5.41, 5.74) is 3.08. The summed E-state index contributed by atoms with van der Waals surface area (Å²) in [6, 6.07) is 4.25. The molecule has 1 fully saturated rings. The van der Waals surface area contributed by atoms with Crippen LogP contribution in [0.1, 0.15) is 38.4 Å². The second-order valence-corrected chi connectivity index (χ2v) is 7.47. The summed E-state index contributed by atoms with van der Waals surface area (Å²) in [6.45, 7) is 5.68. The van der Waals surface area contributed by atoms with Crippen LogP contribution in [-0.4, -0.2) is 25.7 Å². The fourth-order valence-corrected chi connectivity index (χ4v) is 3.31. The van der Waals surface area contributed by atoms with Crippen LogP contribution in [0.15, 0.2) is 30.9 Å². The van der Waals surface area contributed by atoms with Crippen molar-refractivity contribution in [1.82, 2.24) is 20.2 Å². The molecule has 23 heavy (non-hydrogen) atoms.